The highest BCUT2D eigenvalue weighted by Gasteiger charge is 2.26. The topological polar surface area (TPSA) is 61.6 Å². The molecule has 138 valence electrons. The first kappa shape index (κ1) is 16.1. The summed E-state index contributed by atoms with van der Waals surface area (Å²) in [6, 6.07) is 12.2. The first-order chi connectivity index (χ1) is 13.3. The van der Waals surface area contributed by atoms with E-state index >= 15 is 0 Å². The standard InChI is InChI=1S/C20H20N4O3/c1-2-18(9-21-6-1)25-13-17-12-23(11-16-5-7-22-24(16)17)10-15-3-4-19-20(8-15)27-14-26-19/h1-9,17H,10-14H2. The van der Waals surface area contributed by atoms with Crippen molar-refractivity contribution < 1.29 is 14.2 Å². The fourth-order valence-corrected chi connectivity index (χ4v) is 3.63. The summed E-state index contributed by atoms with van der Waals surface area (Å²) in [6.07, 6.45) is 5.33. The highest BCUT2D eigenvalue weighted by molar-refractivity contribution is 5.44. The van der Waals surface area contributed by atoms with Crippen molar-refractivity contribution in [1.82, 2.24) is 19.7 Å². The third-order valence-corrected chi connectivity index (χ3v) is 4.87. The Morgan fingerprint density at radius 3 is 3.00 bits per heavy atom. The molecule has 0 bridgehead atoms. The molecular formula is C20H20N4O3. The van der Waals surface area contributed by atoms with E-state index in [1.807, 2.05) is 24.4 Å². The van der Waals surface area contributed by atoms with Gasteiger partial charge in [-0.15, -0.1) is 0 Å². The van der Waals surface area contributed by atoms with Crippen LogP contribution in [0.4, 0.5) is 0 Å². The molecule has 0 saturated heterocycles. The molecule has 0 N–H and O–H groups in total. The van der Waals surface area contributed by atoms with Gasteiger partial charge in [-0.1, -0.05) is 6.07 Å². The lowest BCUT2D eigenvalue weighted by atomic mass is 10.1. The van der Waals surface area contributed by atoms with Gasteiger partial charge in [0.25, 0.3) is 0 Å². The molecule has 0 fully saturated rings. The maximum absolute atomic E-state index is 5.94. The molecule has 0 spiro atoms. The monoisotopic (exact) mass is 364 g/mol. The molecule has 2 aliphatic rings. The highest BCUT2D eigenvalue weighted by atomic mass is 16.7. The van der Waals surface area contributed by atoms with Crippen LogP contribution < -0.4 is 14.2 Å². The smallest absolute Gasteiger partial charge is 0.231 e. The number of hydrogen-bond donors (Lipinski definition) is 0. The van der Waals surface area contributed by atoms with Crippen LogP contribution in [0.1, 0.15) is 17.3 Å². The van der Waals surface area contributed by atoms with E-state index in [9.17, 15) is 0 Å². The van der Waals surface area contributed by atoms with Gasteiger partial charge in [0, 0.05) is 32.0 Å². The number of aromatic nitrogens is 3. The second kappa shape index (κ2) is 6.92. The fraction of sp³-hybridized carbons (Fsp3) is 0.300. The van der Waals surface area contributed by atoms with Crippen molar-refractivity contribution in [3.63, 3.8) is 0 Å². The summed E-state index contributed by atoms with van der Waals surface area (Å²) < 4.78 is 18.9. The van der Waals surface area contributed by atoms with Crippen molar-refractivity contribution in [2.24, 2.45) is 0 Å². The number of hydrogen-bond acceptors (Lipinski definition) is 6. The van der Waals surface area contributed by atoms with E-state index < -0.39 is 0 Å². The summed E-state index contributed by atoms with van der Waals surface area (Å²) in [5.74, 6) is 2.42. The third-order valence-electron chi connectivity index (χ3n) is 4.87. The predicted octanol–water partition coefficient (Wildman–Crippen LogP) is 2.64. The van der Waals surface area contributed by atoms with Gasteiger partial charge in [-0.2, -0.15) is 5.10 Å². The van der Waals surface area contributed by atoms with Crippen LogP contribution in [0.3, 0.4) is 0 Å². The van der Waals surface area contributed by atoms with Crippen molar-refractivity contribution in [2.75, 3.05) is 19.9 Å². The summed E-state index contributed by atoms with van der Waals surface area (Å²) >= 11 is 0. The molecular weight excluding hydrogens is 344 g/mol. The first-order valence-electron chi connectivity index (χ1n) is 9.01. The van der Waals surface area contributed by atoms with Crippen molar-refractivity contribution in [1.29, 1.82) is 0 Å². The maximum atomic E-state index is 5.94. The Hall–Kier alpha value is -3.06. The van der Waals surface area contributed by atoms with Crippen molar-refractivity contribution >= 4 is 0 Å². The van der Waals surface area contributed by atoms with Crippen LogP contribution in [-0.2, 0) is 13.1 Å². The minimum atomic E-state index is 0.151. The first-order valence-corrected chi connectivity index (χ1v) is 9.01. The molecule has 7 heteroatoms. The Kier molecular flexibility index (Phi) is 4.14. The third kappa shape index (κ3) is 3.33. The maximum Gasteiger partial charge on any atom is 0.231 e. The van der Waals surface area contributed by atoms with Gasteiger partial charge in [0.1, 0.15) is 12.4 Å². The lowest BCUT2D eigenvalue weighted by molar-refractivity contribution is 0.127. The number of fused-ring (bicyclic) bond motifs is 2. The Bertz CT molecular complexity index is 928. The van der Waals surface area contributed by atoms with E-state index in [2.05, 4.69) is 37.9 Å². The normalized spacial score (nSPS) is 18.3. The average Bonchev–Trinajstić information content (AvgIpc) is 3.35. The van der Waals surface area contributed by atoms with Crippen LogP contribution in [0.5, 0.6) is 17.2 Å². The van der Waals surface area contributed by atoms with E-state index in [1.54, 1.807) is 12.4 Å². The zero-order valence-corrected chi connectivity index (χ0v) is 14.8. The second-order valence-electron chi connectivity index (χ2n) is 6.78. The summed E-state index contributed by atoms with van der Waals surface area (Å²) in [5, 5.41) is 4.50. The van der Waals surface area contributed by atoms with E-state index in [0.717, 1.165) is 36.9 Å². The molecule has 0 aliphatic carbocycles. The van der Waals surface area contributed by atoms with Crippen LogP contribution in [-0.4, -0.2) is 39.6 Å². The Morgan fingerprint density at radius 2 is 2.07 bits per heavy atom. The van der Waals surface area contributed by atoms with E-state index in [1.165, 1.54) is 11.3 Å². The fourth-order valence-electron chi connectivity index (χ4n) is 3.63. The molecule has 27 heavy (non-hydrogen) atoms. The van der Waals surface area contributed by atoms with Gasteiger partial charge < -0.3 is 14.2 Å². The van der Waals surface area contributed by atoms with E-state index in [0.29, 0.717) is 13.4 Å². The predicted molar refractivity (Wildman–Crippen MR) is 97.7 cm³/mol. The molecule has 1 aromatic carbocycles. The molecule has 2 aromatic heterocycles. The number of benzene rings is 1. The van der Waals surface area contributed by atoms with Crippen molar-refractivity contribution in [3.8, 4) is 17.2 Å². The summed E-state index contributed by atoms with van der Waals surface area (Å²) in [5.41, 5.74) is 2.40. The largest absolute Gasteiger partial charge is 0.490 e. The van der Waals surface area contributed by atoms with Gasteiger partial charge in [0.2, 0.25) is 6.79 Å². The molecule has 0 amide bonds. The van der Waals surface area contributed by atoms with Gasteiger partial charge in [-0.05, 0) is 35.9 Å². The number of nitrogens with zero attached hydrogens (tertiary/aromatic N) is 4. The Morgan fingerprint density at radius 1 is 1.11 bits per heavy atom. The SMILES string of the molecule is c1cncc(OCC2CN(Cc3ccc4c(c3)OCO4)Cc3ccnn32)c1. The van der Waals surface area contributed by atoms with Crippen LogP contribution in [0, 0.1) is 0 Å². The van der Waals surface area contributed by atoms with Crippen LogP contribution in [0.2, 0.25) is 0 Å². The summed E-state index contributed by atoms with van der Waals surface area (Å²) in [7, 11) is 0. The van der Waals surface area contributed by atoms with Crippen molar-refractivity contribution in [2.45, 2.75) is 19.1 Å². The molecule has 4 heterocycles. The Labute approximate surface area is 157 Å². The molecule has 0 saturated carbocycles. The average molecular weight is 364 g/mol. The van der Waals surface area contributed by atoms with Gasteiger partial charge in [-0.25, -0.2) is 0 Å². The highest BCUT2D eigenvalue weighted by Crippen LogP contribution is 2.33. The van der Waals surface area contributed by atoms with E-state index in [4.69, 9.17) is 14.2 Å². The molecule has 1 atom stereocenters. The summed E-state index contributed by atoms with van der Waals surface area (Å²) in [4.78, 5) is 6.51. The van der Waals surface area contributed by atoms with Gasteiger partial charge in [-0.3, -0.25) is 14.6 Å². The zero-order valence-electron chi connectivity index (χ0n) is 14.8. The quantitative estimate of drug-likeness (QED) is 0.694. The minimum absolute atomic E-state index is 0.151. The molecule has 5 rings (SSSR count). The van der Waals surface area contributed by atoms with Gasteiger partial charge in [0.15, 0.2) is 11.5 Å². The van der Waals surface area contributed by atoms with Crippen LogP contribution in [0.25, 0.3) is 0 Å². The van der Waals surface area contributed by atoms with Crippen LogP contribution in [0.15, 0.2) is 55.0 Å². The molecule has 3 aromatic rings. The van der Waals surface area contributed by atoms with Crippen molar-refractivity contribution in [3.05, 3.63) is 66.2 Å². The van der Waals surface area contributed by atoms with Crippen LogP contribution >= 0.6 is 0 Å². The van der Waals surface area contributed by atoms with Gasteiger partial charge >= 0.3 is 0 Å². The zero-order chi connectivity index (χ0) is 18.1. The molecule has 7 nitrogen and oxygen atoms in total. The molecule has 1 unspecified atom stereocenters. The van der Waals surface area contributed by atoms with Gasteiger partial charge in [0.05, 0.1) is 17.9 Å². The molecule has 0 radical (unpaired) electrons. The lowest BCUT2D eigenvalue weighted by Crippen LogP contribution is -2.39. The minimum Gasteiger partial charge on any atom is -0.490 e. The number of rotatable bonds is 5. The van der Waals surface area contributed by atoms with E-state index in [-0.39, 0.29) is 6.04 Å². The Balaban J connectivity index is 1.30. The molecule has 2 aliphatic heterocycles. The number of ether oxygens (including phenoxy) is 3. The second-order valence-corrected chi connectivity index (χ2v) is 6.78. The number of pyridine rings is 1. The lowest BCUT2D eigenvalue weighted by Gasteiger charge is -2.33. The summed E-state index contributed by atoms with van der Waals surface area (Å²) in [6.45, 7) is 3.42.